The van der Waals surface area contributed by atoms with Crippen LogP contribution in [0.1, 0.15) is 34.5 Å². The van der Waals surface area contributed by atoms with Gasteiger partial charge in [0.15, 0.2) is 0 Å². The average molecular weight is 417 g/mol. The highest BCUT2D eigenvalue weighted by atomic mass is 16.7. The summed E-state index contributed by atoms with van der Waals surface area (Å²) in [5.74, 6) is 0.185. The lowest BCUT2D eigenvalue weighted by atomic mass is 9.99. The highest BCUT2D eigenvalue weighted by Crippen LogP contribution is 2.25. The van der Waals surface area contributed by atoms with Crippen LogP contribution in [0, 0.1) is 6.92 Å². The van der Waals surface area contributed by atoms with Crippen LogP contribution >= 0.6 is 0 Å². The van der Waals surface area contributed by atoms with Gasteiger partial charge in [0.25, 0.3) is 5.91 Å². The normalized spacial score (nSPS) is 27.3. The fourth-order valence-corrected chi connectivity index (χ4v) is 3.20. The van der Waals surface area contributed by atoms with Crippen LogP contribution in [0.2, 0.25) is 0 Å². The number of aryl methyl sites for hydroxylation is 1. The van der Waals surface area contributed by atoms with Gasteiger partial charge in [0, 0.05) is 5.56 Å². The number of benzene rings is 2. The van der Waals surface area contributed by atoms with Gasteiger partial charge in [0.2, 0.25) is 6.29 Å². The van der Waals surface area contributed by atoms with Crippen LogP contribution < -0.4 is 10.1 Å². The van der Waals surface area contributed by atoms with Crippen LogP contribution in [-0.2, 0) is 4.74 Å². The van der Waals surface area contributed by atoms with Gasteiger partial charge in [-0.05, 0) is 43.7 Å². The summed E-state index contributed by atoms with van der Waals surface area (Å²) in [6, 6.07) is 13.9. The molecule has 0 bridgehead atoms. The fraction of sp³-hybridized carbons (Fsp3) is 0.409. The largest absolute Gasteiger partial charge is 0.462 e. The SMILES string of the molecule is Cc1ccc(C(=O)N[C@@H](C)c2ccc(OC3OC(CO)C(O)C(O)C3O)cc2)cc1. The van der Waals surface area contributed by atoms with E-state index in [9.17, 15) is 25.2 Å². The zero-order valence-electron chi connectivity index (χ0n) is 16.8. The van der Waals surface area contributed by atoms with Crippen LogP contribution in [-0.4, -0.2) is 63.6 Å². The molecule has 162 valence electrons. The second-order valence-electron chi connectivity index (χ2n) is 7.45. The summed E-state index contributed by atoms with van der Waals surface area (Å²) in [4.78, 5) is 12.4. The van der Waals surface area contributed by atoms with Gasteiger partial charge in [-0.2, -0.15) is 0 Å². The molecule has 1 aliphatic heterocycles. The van der Waals surface area contributed by atoms with Crippen molar-refractivity contribution in [3.05, 3.63) is 65.2 Å². The molecule has 30 heavy (non-hydrogen) atoms. The summed E-state index contributed by atoms with van der Waals surface area (Å²) < 4.78 is 10.9. The van der Waals surface area contributed by atoms with E-state index in [0.717, 1.165) is 11.1 Å². The Bertz CT molecular complexity index is 838. The minimum absolute atomic E-state index is 0.177. The van der Waals surface area contributed by atoms with Crippen molar-refractivity contribution >= 4 is 5.91 Å². The molecule has 1 heterocycles. The van der Waals surface area contributed by atoms with E-state index in [1.807, 2.05) is 26.0 Å². The van der Waals surface area contributed by atoms with Crippen molar-refractivity contribution < 1.29 is 34.7 Å². The van der Waals surface area contributed by atoms with E-state index in [1.165, 1.54) is 0 Å². The van der Waals surface area contributed by atoms with Gasteiger partial charge in [-0.1, -0.05) is 29.8 Å². The molecule has 0 aromatic heterocycles. The number of aliphatic hydroxyl groups excluding tert-OH is 4. The summed E-state index contributed by atoms with van der Waals surface area (Å²) in [6.07, 6.45) is -6.70. The van der Waals surface area contributed by atoms with E-state index >= 15 is 0 Å². The Balaban J connectivity index is 1.61. The fourth-order valence-electron chi connectivity index (χ4n) is 3.20. The first-order valence-corrected chi connectivity index (χ1v) is 9.75. The first-order valence-electron chi connectivity index (χ1n) is 9.75. The number of hydrogen-bond acceptors (Lipinski definition) is 7. The topological polar surface area (TPSA) is 128 Å². The second kappa shape index (κ2) is 9.55. The lowest BCUT2D eigenvalue weighted by molar-refractivity contribution is -0.277. The van der Waals surface area contributed by atoms with Gasteiger partial charge in [0.1, 0.15) is 30.2 Å². The third-order valence-electron chi connectivity index (χ3n) is 5.14. The summed E-state index contributed by atoms with van der Waals surface area (Å²) >= 11 is 0. The molecule has 2 aromatic rings. The third kappa shape index (κ3) is 4.97. The molecule has 1 saturated heterocycles. The van der Waals surface area contributed by atoms with E-state index in [1.54, 1.807) is 36.4 Å². The molecule has 1 amide bonds. The van der Waals surface area contributed by atoms with Gasteiger partial charge in [0.05, 0.1) is 12.6 Å². The molecular weight excluding hydrogens is 390 g/mol. The van der Waals surface area contributed by atoms with Gasteiger partial charge < -0.3 is 35.2 Å². The molecule has 2 aromatic carbocycles. The van der Waals surface area contributed by atoms with Crippen LogP contribution in [0.4, 0.5) is 0 Å². The zero-order valence-corrected chi connectivity index (χ0v) is 16.8. The number of rotatable bonds is 6. The molecule has 0 saturated carbocycles. The molecule has 0 aliphatic carbocycles. The number of nitrogens with one attached hydrogen (secondary N) is 1. The Morgan fingerprint density at radius 1 is 1.03 bits per heavy atom. The molecule has 5 N–H and O–H groups in total. The molecule has 8 heteroatoms. The predicted octanol–water partition coefficient (Wildman–Crippen LogP) is 0.665. The maximum absolute atomic E-state index is 12.4. The summed E-state index contributed by atoms with van der Waals surface area (Å²) in [6.45, 7) is 3.29. The van der Waals surface area contributed by atoms with E-state index in [0.29, 0.717) is 11.3 Å². The quantitative estimate of drug-likeness (QED) is 0.467. The van der Waals surface area contributed by atoms with Crippen molar-refractivity contribution in [2.75, 3.05) is 6.61 Å². The van der Waals surface area contributed by atoms with Crippen molar-refractivity contribution in [1.82, 2.24) is 5.32 Å². The molecule has 8 nitrogen and oxygen atoms in total. The highest BCUT2D eigenvalue weighted by Gasteiger charge is 2.44. The smallest absolute Gasteiger partial charge is 0.251 e. The monoisotopic (exact) mass is 417 g/mol. The van der Waals surface area contributed by atoms with E-state index < -0.39 is 37.3 Å². The number of aliphatic hydroxyl groups is 4. The van der Waals surface area contributed by atoms with Gasteiger partial charge in [-0.15, -0.1) is 0 Å². The summed E-state index contributed by atoms with van der Waals surface area (Å²) in [5.41, 5.74) is 2.50. The molecule has 3 rings (SSSR count). The molecule has 1 aliphatic rings. The zero-order chi connectivity index (χ0) is 21.8. The van der Waals surface area contributed by atoms with Crippen molar-refractivity contribution in [2.24, 2.45) is 0 Å². The van der Waals surface area contributed by atoms with E-state index in [4.69, 9.17) is 9.47 Å². The Kier molecular flexibility index (Phi) is 7.06. The van der Waals surface area contributed by atoms with E-state index in [2.05, 4.69) is 5.32 Å². The van der Waals surface area contributed by atoms with Crippen molar-refractivity contribution in [1.29, 1.82) is 0 Å². The molecule has 0 radical (unpaired) electrons. The lowest BCUT2D eigenvalue weighted by Gasteiger charge is -2.39. The standard InChI is InChI=1S/C22H27NO7/c1-12-3-5-15(6-4-12)21(28)23-13(2)14-7-9-16(10-8-14)29-22-20(27)19(26)18(25)17(11-24)30-22/h3-10,13,17-20,22,24-27H,11H2,1-2H3,(H,23,28)/t13-,17?,18?,19?,20?,22?/m0/s1. The lowest BCUT2D eigenvalue weighted by Crippen LogP contribution is -2.60. The van der Waals surface area contributed by atoms with Crippen molar-refractivity contribution in [3.63, 3.8) is 0 Å². The Labute approximate surface area is 174 Å². The number of carbonyl (C=O) groups is 1. The molecule has 1 fully saturated rings. The second-order valence-corrected chi connectivity index (χ2v) is 7.45. The van der Waals surface area contributed by atoms with Crippen LogP contribution in [0.5, 0.6) is 5.75 Å². The molecular formula is C22H27NO7. The first-order chi connectivity index (χ1) is 14.3. The number of amides is 1. The van der Waals surface area contributed by atoms with Crippen LogP contribution in [0.15, 0.2) is 48.5 Å². The van der Waals surface area contributed by atoms with Gasteiger partial charge in [-0.25, -0.2) is 0 Å². The number of hydrogen-bond donors (Lipinski definition) is 5. The first kappa shape index (κ1) is 22.2. The molecule has 6 atom stereocenters. The predicted molar refractivity (Wildman–Crippen MR) is 108 cm³/mol. The van der Waals surface area contributed by atoms with E-state index in [-0.39, 0.29) is 11.9 Å². The summed E-state index contributed by atoms with van der Waals surface area (Å²) in [5, 5.41) is 41.9. The Morgan fingerprint density at radius 2 is 1.67 bits per heavy atom. The van der Waals surface area contributed by atoms with Crippen molar-refractivity contribution in [2.45, 2.75) is 50.6 Å². The average Bonchev–Trinajstić information content (AvgIpc) is 2.75. The maximum Gasteiger partial charge on any atom is 0.251 e. The third-order valence-corrected chi connectivity index (χ3v) is 5.14. The molecule has 5 unspecified atom stereocenters. The minimum Gasteiger partial charge on any atom is -0.462 e. The highest BCUT2D eigenvalue weighted by molar-refractivity contribution is 5.94. The summed E-state index contributed by atoms with van der Waals surface area (Å²) in [7, 11) is 0. The van der Waals surface area contributed by atoms with Gasteiger partial charge in [-0.3, -0.25) is 4.79 Å². The number of ether oxygens (including phenoxy) is 2. The number of carbonyl (C=O) groups excluding carboxylic acids is 1. The van der Waals surface area contributed by atoms with Crippen LogP contribution in [0.25, 0.3) is 0 Å². The maximum atomic E-state index is 12.4. The Morgan fingerprint density at radius 3 is 2.27 bits per heavy atom. The Hall–Kier alpha value is -2.49. The van der Waals surface area contributed by atoms with Crippen molar-refractivity contribution in [3.8, 4) is 5.75 Å². The molecule has 0 spiro atoms. The van der Waals surface area contributed by atoms with Crippen LogP contribution in [0.3, 0.4) is 0 Å². The minimum atomic E-state index is -1.50. The van der Waals surface area contributed by atoms with Gasteiger partial charge >= 0.3 is 0 Å².